The number of fused-ring (bicyclic) bond motifs is 2. The van der Waals surface area contributed by atoms with E-state index in [0.717, 1.165) is 55.0 Å². The lowest BCUT2D eigenvalue weighted by Gasteiger charge is -2.31. The van der Waals surface area contributed by atoms with Gasteiger partial charge < -0.3 is 19.9 Å². The molecule has 2 N–H and O–H groups in total. The molecular formula is C20H29N5O2. The normalized spacial score (nSPS) is 25.5. The van der Waals surface area contributed by atoms with Gasteiger partial charge in [0.05, 0.1) is 5.39 Å². The molecule has 1 saturated carbocycles. The average Bonchev–Trinajstić information content (AvgIpc) is 3.19. The molecule has 2 aromatic heterocycles. The molecule has 0 aromatic carbocycles. The Labute approximate surface area is 159 Å². The van der Waals surface area contributed by atoms with Crippen LogP contribution in [-0.4, -0.2) is 50.7 Å². The van der Waals surface area contributed by atoms with Gasteiger partial charge in [0.2, 0.25) is 0 Å². The smallest absolute Gasteiger partial charge is 0.410 e. The van der Waals surface area contributed by atoms with Crippen molar-refractivity contribution >= 4 is 22.9 Å². The van der Waals surface area contributed by atoms with Crippen molar-refractivity contribution in [3.63, 3.8) is 0 Å². The van der Waals surface area contributed by atoms with Crippen LogP contribution in [0.2, 0.25) is 0 Å². The predicted molar refractivity (Wildman–Crippen MR) is 105 cm³/mol. The van der Waals surface area contributed by atoms with Crippen molar-refractivity contribution in [1.29, 1.82) is 0 Å². The number of rotatable bonds is 2. The lowest BCUT2D eigenvalue weighted by atomic mass is 9.79. The van der Waals surface area contributed by atoms with Crippen molar-refractivity contribution in [1.82, 2.24) is 19.9 Å². The number of ether oxygens (including phenoxy) is 1. The van der Waals surface area contributed by atoms with E-state index in [1.54, 1.807) is 0 Å². The first kappa shape index (κ1) is 18.1. The van der Waals surface area contributed by atoms with Crippen LogP contribution in [0.25, 0.3) is 11.0 Å². The molecule has 4 rings (SSSR count). The maximum Gasteiger partial charge on any atom is 0.410 e. The Hall–Kier alpha value is -2.31. The molecule has 2 fully saturated rings. The highest BCUT2D eigenvalue weighted by Gasteiger charge is 2.40. The molecule has 7 heteroatoms. The fourth-order valence-corrected chi connectivity index (χ4v) is 4.39. The molecule has 2 aliphatic rings. The largest absolute Gasteiger partial charge is 0.444 e. The van der Waals surface area contributed by atoms with Crippen LogP contribution in [-0.2, 0) is 4.74 Å². The number of nitrogens with zero attached hydrogens (tertiary/aromatic N) is 3. The van der Waals surface area contributed by atoms with E-state index in [9.17, 15) is 4.79 Å². The third-order valence-electron chi connectivity index (χ3n) is 5.57. The molecule has 0 spiro atoms. The number of H-pyrrole nitrogens is 1. The van der Waals surface area contributed by atoms with Gasteiger partial charge in [-0.05, 0) is 64.9 Å². The molecule has 7 nitrogen and oxygen atoms in total. The van der Waals surface area contributed by atoms with E-state index in [2.05, 4.69) is 20.3 Å². The number of aryl methyl sites for hydroxylation is 1. The van der Waals surface area contributed by atoms with Crippen LogP contribution in [0.4, 0.5) is 10.6 Å². The first-order valence-corrected chi connectivity index (χ1v) is 9.85. The topological polar surface area (TPSA) is 83.1 Å². The van der Waals surface area contributed by atoms with Crippen LogP contribution in [0.15, 0.2) is 12.3 Å². The maximum absolute atomic E-state index is 12.4. The minimum atomic E-state index is -0.443. The number of carbonyl (C=O) groups excluding carboxylic acids is 1. The number of anilines is 1. The molecule has 0 radical (unpaired) electrons. The van der Waals surface area contributed by atoms with E-state index in [0.29, 0.717) is 17.9 Å². The zero-order valence-corrected chi connectivity index (χ0v) is 16.6. The van der Waals surface area contributed by atoms with Crippen LogP contribution in [0.3, 0.4) is 0 Å². The summed E-state index contributed by atoms with van der Waals surface area (Å²) in [6.07, 6.45) is 5.00. The van der Waals surface area contributed by atoms with Gasteiger partial charge in [0, 0.05) is 25.3 Å². The van der Waals surface area contributed by atoms with Gasteiger partial charge >= 0.3 is 6.09 Å². The van der Waals surface area contributed by atoms with E-state index >= 15 is 0 Å². The van der Waals surface area contributed by atoms with Crippen molar-refractivity contribution < 1.29 is 9.53 Å². The number of carbonyl (C=O) groups is 1. The maximum atomic E-state index is 12.4. The Balaban J connectivity index is 1.41. The summed E-state index contributed by atoms with van der Waals surface area (Å²) in [5.41, 5.74) is 0.428. The quantitative estimate of drug-likeness (QED) is 0.841. The van der Waals surface area contributed by atoms with Crippen LogP contribution in [0.1, 0.15) is 45.9 Å². The Morgan fingerprint density at radius 1 is 1.26 bits per heavy atom. The van der Waals surface area contributed by atoms with E-state index in [-0.39, 0.29) is 6.09 Å². The molecule has 1 aliphatic heterocycles. The molecule has 27 heavy (non-hydrogen) atoms. The van der Waals surface area contributed by atoms with E-state index in [1.807, 2.05) is 44.9 Å². The van der Waals surface area contributed by atoms with Crippen LogP contribution >= 0.6 is 0 Å². The first-order chi connectivity index (χ1) is 12.8. The number of aromatic amines is 1. The molecule has 1 aliphatic carbocycles. The van der Waals surface area contributed by atoms with Crippen molar-refractivity contribution in [2.75, 3.05) is 18.4 Å². The van der Waals surface area contributed by atoms with Crippen molar-refractivity contribution in [2.45, 2.75) is 58.6 Å². The molecule has 146 valence electrons. The highest BCUT2D eigenvalue weighted by molar-refractivity contribution is 5.87. The van der Waals surface area contributed by atoms with Gasteiger partial charge in [0.1, 0.15) is 22.9 Å². The second kappa shape index (κ2) is 6.69. The third-order valence-corrected chi connectivity index (χ3v) is 5.57. The Bertz CT molecular complexity index is 840. The van der Waals surface area contributed by atoms with Crippen LogP contribution in [0.5, 0.6) is 0 Å². The summed E-state index contributed by atoms with van der Waals surface area (Å²) in [7, 11) is 0. The van der Waals surface area contributed by atoms with Gasteiger partial charge in [-0.1, -0.05) is 0 Å². The molecule has 1 saturated heterocycles. The van der Waals surface area contributed by atoms with Gasteiger partial charge in [-0.2, -0.15) is 0 Å². The summed E-state index contributed by atoms with van der Waals surface area (Å²) >= 11 is 0. The highest BCUT2D eigenvalue weighted by Crippen LogP contribution is 2.38. The van der Waals surface area contributed by atoms with Gasteiger partial charge in [0.25, 0.3) is 0 Å². The third kappa shape index (κ3) is 3.87. The summed E-state index contributed by atoms with van der Waals surface area (Å²) in [6.45, 7) is 9.28. The standard InChI is InChI=1S/C20H29N5O2/c1-12-22-17-16(7-8-21-17)18(23-12)24-15-6-5-13-10-25(11-14(13)9-15)19(26)27-20(2,3)4/h7-8,13-15H,5-6,9-11H2,1-4H3,(H2,21,22,23,24). The van der Waals surface area contributed by atoms with E-state index < -0.39 is 5.60 Å². The molecule has 3 heterocycles. The number of aromatic nitrogens is 3. The number of nitrogens with one attached hydrogen (secondary N) is 2. The fraction of sp³-hybridized carbons (Fsp3) is 0.650. The minimum Gasteiger partial charge on any atom is -0.444 e. The second-order valence-electron chi connectivity index (χ2n) is 8.92. The summed E-state index contributed by atoms with van der Waals surface area (Å²) in [5, 5.41) is 4.67. The number of amides is 1. The molecule has 3 atom stereocenters. The number of hydrogen-bond acceptors (Lipinski definition) is 5. The zero-order chi connectivity index (χ0) is 19.2. The lowest BCUT2D eigenvalue weighted by Crippen LogP contribution is -2.35. The van der Waals surface area contributed by atoms with Crippen LogP contribution in [0, 0.1) is 18.8 Å². The lowest BCUT2D eigenvalue weighted by molar-refractivity contribution is 0.0284. The van der Waals surface area contributed by atoms with Crippen molar-refractivity contribution in [3.05, 3.63) is 18.1 Å². The monoisotopic (exact) mass is 371 g/mol. The molecule has 0 bridgehead atoms. The van der Waals surface area contributed by atoms with Crippen molar-refractivity contribution in [3.8, 4) is 0 Å². The Morgan fingerprint density at radius 2 is 2.04 bits per heavy atom. The van der Waals surface area contributed by atoms with Gasteiger partial charge in [-0.25, -0.2) is 14.8 Å². The highest BCUT2D eigenvalue weighted by atomic mass is 16.6. The number of likely N-dealkylation sites (tertiary alicyclic amines) is 1. The zero-order valence-electron chi connectivity index (χ0n) is 16.6. The van der Waals surface area contributed by atoms with Gasteiger partial charge in [-0.3, -0.25) is 0 Å². The van der Waals surface area contributed by atoms with E-state index in [1.165, 1.54) is 0 Å². The summed E-state index contributed by atoms with van der Waals surface area (Å²) in [4.78, 5) is 26.5. The molecule has 1 amide bonds. The Morgan fingerprint density at radius 3 is 2.81 bits per heavy atom. The predicted octanol–water partition coefficient (Wildman–Crippen LogP) is 3.71. The average molecular weight is 371 g/mol. The molecular weight excluding hydrogens is 342 g/mol. The SMILES string of the molecule is Cc1nc(NC2CCC3CN(C(=O)OC(C)(C)C)CC3C2)c2cc[nH]c2n1. The van der Waals surface area contributed by atoms with Crippen molar-refractivity contribution in [2.24, 2.45) is 11.8 Å². The molecule has 3 unspecified atom stereocenters. The first-order valence-electron chi connectivity index (χ1n) is 9.85. The fourth-order valence-electron chi connectivity index (χ4n) is 4.39. The van der Waals surface area contributed by atoms with Gasteiger partial charge in [0.15, 0.2) is 0 Å². The number of hydrogen-bond donors (Lipinski definition) is 2. The minimum absolute atomic E-state index is 0.179. The van der Waals surface area contributed by atoms with Crippen LogP contribution < -0.4 is 5.32 Å². The Kier molecular flexibility index (Phi) is 4.48. The summed E-state index contributed by atoms with van der Waals surface area (Å²) in [5.74, 6) is 2.77. The summed E-state index contributed by atoms with van der Waals surface area (Å²) < 4.78 is 5.55. The molecule has 2 aromatic rings. The van der Waals surface area contributed by atoms with E-state index in [4.69, 9.17) is 4.74 Å². The second-order valence-corrected chi connectivity index (χ2v) is 8.92. The summed E-state index contributed by atoms with van der Waals surface area (Å²) in [6, 6.07) is 2.39. The van der Waals surface area contributed by atoms with Gasteiger partial charge in [-0.15, -0.1) is 0 Å².